The van der Waals surface area contributed by atoms with Crippen LogP contribution in [0, 0.1) is 0 Å². The molecule has 118 valence electrons. The average Bonchev–Trinajstić information content (AvgIpc) is 3.13. The molecule has 1 saturated carbocycles. The number of nitrogens with one attached hydrogen (secondary N) is 2. The van der Waals surface area contributed by atoms with Crippen molar-refractivity contribution in [1.82, 2.24) is 5.32 Å². The second-order valence-electron chi connectivity index (χ2n) is 5.01. The number of alkyl halides is 3. The minimum Gasteiger partial charge on any atom is -0.397 e. The largest absolute Gasteiger partial charge is 0.397 e. The van der Waals surface area contributed by atoms with Gasteiger partial charge < -0.3 is 16.4 Å². The molecular weight excluding hydrogens is 303 g/mol. The van der Waals surface area contributed by atoms with E-state index >= 15 is 0 Å². The number of amides is 1. The molecule has 4 nitrogen and oxygen atoms in total. The van der Waals surface area contributed by atoms with Crippen molar-refractivity contribution in [3.63, 3.8) is 0 Å². The van der Waals surface area contributed by atoms with Crippen LogP contribution in [0.5, 0.6) is 0 Å². The molecule has 0 aliphatic heterocycles. The number of carbonyl (C=O) groups excluding carboxylic acids is 1. The summed E-state index contributed by atoms with van der Waals surface area (Å²) in [5, 5.41) is 6.05. The predicted molar refractivity (Wildman–Crippen MR) is 77.9 cm³/mol. The molecule has 0 unspecified atom stereocenters. The van der Waals surface area contributed by atoms with Crippen LogP contribution in [-0.2, 0) is 0 Å². The van der Waals surface area contributed by atoms with Crippen molar-refractivity contribution in [2.75, 3.05) is 24.1 Å². The molecule has 1 aromatic heterocycles. The Hall–Kier alpha value is -1.44. The maximum atomic E-state index is 12.2. The molecule has 0 atom stereocenters. The molecule has 0 bridgehead atoms. The van der Waals surface area contributed by atoms with Gasteiger partial charge in [0.2, 0.25) is 0 Å². The van der Waals surface area contributed by atoms with E-state index in [2.05, 4.69) is 10.6 Å². The van der Waals surface area contributed by atoms with Gasteiger partial charge >= 0.3 is 6.18 Å². The molecule has 0 aromatic carbocycles. The van der Waals surface area contributed by atoms with Gasteiger partial charge in [-0.3, -0.25) is 4.79 Å². The van der Waals surface area contributed by atoms with Crippen LogP contribution in [0.2, 0.25) is 0 Å². The maximum Gasteiger partial charge on any atom is 0.390 e. The maximum absolute atomic E-state index is 12.2. The zero-order valence-electron chi connectivity index (χ0n) is 11.6. The van der Waals surface area contributed by atoms with Crippen molar-refractivity contribution in [3.05, 3.63) is 10.4 Å². The van der Waals surface area contributed by atoms with Gasteiger partial charge in [0.05, 0.1) is 17.1 Å². The first-order chi connectivity index (χ1) is 9.83. The van der Waals surface area contributed by atoms with Crippen LogP contribution in [0.15, 0.2) is 0 Å². The lowest BCUT2D eigenvalue weighted by atomic mass is 10.1. The summed E-state index contributed by atoms with van der Waals surface area (Å²) in [6.45, 7) is 2.07. The molecule has 1 fully saturated rings. The molecule has 8 heteroatoms. The molecule has 1 aliphatic carbocycles. The molecule has 0 radical (unpaired) electrons. The fourth-order valence-corrected chi connectivity index (χ4v) is 3.24. The van der Waals surface area contributed by atoms with Crippen molar-refractivity contribution in [2.24, 2.45) is 0 Å². The molecule has 2 rings (SSSR count). The van der Waals surface area contributed by atoms with E-state index < -0.39 is 12.6 Å². The number of hydrogen-bond acceptors (Lipinski definition) is 4. The Morgan fingerprint density at radius 3 is 2.62 bits per heavy atom. The minimum absolute atomic E-state index is 0.210. The summed E-state index contributed by atoms with van der Waals surface area (Å²) in [5.41, 5.74) is 7.24. The summed E-state index contributed by atoms with van der Waals surface area (Å²) in [6, 6.07) is 0. The van der Waals surface area contributed by atoms with Gasteiger partial charge in [0.15, 0.2) is 0 Å². The fraction of sp³-hybridized carbons (Fsp3) is 0.615. The third-order valence-corrected chi connectivity index (χ3v) is 4.38. The predicted octanol–water partition coefficient (Wildman–Crippen LogP) is 3.32. The lowest BCUT2D eigenvalue weighted by Gasteiger charge is -2.09. The van der Waals surface area contributed by atoms with Gasteiger partial charge in [0.25, 0.3) is 5.91 Å². The fourth-order valence-electron chi connectivity index (χ4n) is 2.09. The molecule has 1 heterocycles. The van der Waals surface area contributed by atoms with E-state index in [1.165, 1.54) is 0 Å². The number of nitrogens with two attached hydrogens (primary N) is 1. The molecule has 1 amide bonds. The van der Waals surface area contributed by atoms with Crippen molar-refractivity contribution >= 4 is 27.9 Å². The smallest absolute Gasteiger partial charge is 0.390 e. The second kappa shape index (κ2) is 6.13. The number of carbonyl (C=O) groups is 1. The Labute approximate surface area is 124 Å². The van der Waals surface area contributed by atoms with Crippen molar-refractivity contribution in [1.29, 1.82) is 0 Å². The van der Waals surface area contributed by atoms with E-state index in [0.29, 0.717) is 22.1 Å². The Balaban J connectivity index is 2.15. The Bertz CT molecular complexity index is 523. The summed E-state index contributed by atoms with van der Waals surface area (Å²) < 4.78 is 36.7. The Morgan fingerprint density at radius 2 is 2.10 bits per heavy atom. The summed E-state index contributed by atoms with van der Waals surface area (Å²) in [5.74, 6) is -0.0106. The van der Waals surface area contributed by atoms with E-state index in [9.17, 15) is 18.0 Å². The lowest BCUT2D eigenvalue weighted by molar-refractivity contribution is -0.131. The normalized spacial score (nSPS) is 15.0. The molecule has 4 N–H and O–H groups in total. The monoisotopic (exact) mass is 321 g/mol. The van der Waals surface area contributed by atoms with E-state index in [4.69, 9.17) is 5.73 Å². The Morgan fingerprint density at radius 1 is 1.43 bits per heavy atom. The average molecular weight is 321 g/mol. The van der Waals surface area contributed by atoms with Crippen molar-refractivity contribution in [3.8, 4) is 0 Å². The highest BCUT2D eigenvalue weighted by atomic mass is 32.1. The van der Waals surface area contributed by atoms with Crippen LogP contribution in [-0.4, -0.2) is 25.2 Å². The highest BCUT2D eigenvalue weighted by Crippen LogP contribution is 2.50. The van der Waals surface area contributed by atoms with Crippen molar-refractivity contribution in [2.45, 2.75) is 38.3 Å². The molecule has 1 aliphatic rings. The first-order valence-corrected chi connectivity index (χ1v) is 7.66. The summed E-state index contributed by atoms with van der Waals surface area (Å²) >= 11 is 1.14. The number of hydrogen-bond donors (Lipinski definition) is 3. The first kappa shape index (κ1) is 15.9. The molecule has 0 spiro atoms. The SMILES string of the molecule is CCNC(=O)c1sc(NCCC(F)(F)F)c(C2CC2)c1N. The van der Waals surface area contributed by atoms with Crippen molar-refractivity contribution < 1.29 is 18.0 Å². The number of thiophene rings is 1. The standard InChI is InChI=1S/C13H18F3N3OS/c1-2-18-11(20)10-9(17)8(7-3-4-7)12(21-10)19-6-5-13(14,15)16/h7,19H,2-6,17H2,1H3,(H,18,20). The summed E-state index contributed by atoms with van der Waals surface area (Å²) in [6.07, 6.45) is -3.18. The lowest BCUT2D eigenvalue weighted by Crippen LogP contribution is -2.22. The van der Waals surface area contributed by atoms with Gasteiger partial charge in [-0.05, 0) is 25.7 Å². The van der Waals surface area contributed by atoms with E-state index in [1.54, 1.807) is 6.92 Å². The third kappa shape index (κ3) is 4.03. The molecule has 0 saturated heterocycles. The zero-order valence-corrected chi connectivity index (χ0v) is 12.5. The number of rotatable bonds is 6. The van der Waals surface area contributed by atoms with Gasteiger partial charge in [0, 0.05) is 18.7 Å². The van der Waals surface area contributed by atoms with Crippen LogP contribution >= 0.6 is 11.3 Å². The zero-order chi connectivity index (χ0) is 15.6. The molecular formula is C13H18F3N3OS. The van der Waals surface area contributed by atoms with Gasteiger partial charge in [-0.15, -0.1) is 11.3 Å². The van der Waals surface area contributed by atoms with Crippen LogP contribution in [0.1, 0.15) is 47.3 Å². The minimum atomic E-state index is -4.20. The van der Waals surface area contributed by atoms with Gasteiger partial charge in [-0.2, -0.15) is 13.2 Å². The molecule has 21 heavy (non-hydrogen) atoms. The summed E-state index contributed by atoms with van der Waals surface area (Å²) in [7, 11) is 0. The topological polar surface area (TPSA) is 67.2 Å². The van der Waals surface area contributed by atoms with Crippen LogP contribution < -0.4 is 16.4 Å². The van der Waals surface area contributed by atoms with Gasteiger partial charge in [-0.1, -0.05) is 0 Å². The van der Waals surface area contributed by atoms with Gasteiger partial charge in [0.1, 0.15) is 4.88 Å². The quantitative estimate of drug-likeness (QED) is 0.753. The van der Waals surface area contributed by atoms with Crippen LogP contribution in [0.3, 0.4) is 0 Å². The highest BCUT2D eigenvalue weighted by molar-refractivity contribution is 7.18. The van der Waals surface area contributed by atoms with Crippen LogP contribution in [0.25, 0.3) is 0 Å². The number of nitrogen functional groups attached to an aromatic ring is 1. The Kier molecular flexibility index (Phi) is 4.65. The third-order valence-electron chi connectivity index (χ3n) is 3.21. The highest BCUT2D eigenvalue weighted by Gasteiger charge is 2.33. The van der Waals surface area contributed by atoms with E-state index in [1.807, 2.05) is 0 Å². The number of halogens is 3. The molecule has 1 aromatic rings. The first-order valence-electron chi connectivity index (χ1n) is 6.84. The number of anilines is 2. The summed E-state index contributed by atoms with van der Waals surface area (Å²) in [4.78, 5) is 12.3. The second-order valence-corrected chi connectivity index (χ2v) is 6.03. The van der Waals surface area contributed by atoms with Gasteiger partial charge in [-0.25, -0.2) is 0 Å². The van der Waals surface area contributed by atoms with E-state index in [-0.39, 0.29) is 18.4 Å². The van der Waals surface area contributed by atoms with Crippen LogP contribution in [0.4, 0.5) is 23.9 Å². The van der Waals surface area contributed by atoms with E-state index in [0.717, 1.165) is 29.7 Å².